The topological polar surface area (TPSA) is 70.6 Å². The molecule has 0 aliphatic heterocycles. The Kier molecular flexibility index (Phi) is 7.84. The number of hydrogen-bond donors (Lipinski definition) is 2. The maximum Gasteiger partial charge on any atom is 0.191 e. The van der Waals surface area contributed by atoms with Gasteiger partial charge in [0, 0.05) is 19.6 Å². The molecule has 2 N–H and O–H groups in total. The van der Waals surface area contributed by atoms with E-state index >= 15 is 0 Å². The molecule has 136 valence electrons. The van der Waals surface area contributed by atoms with Crippen molar-refractivity contribution in [3.05, 3.63) is 0 Å². The molecule has 0 heterocycles. The Hall–Kier alpha value is -0.780. The number of nitrogens with zero attached hydrogens (tertiary/aromatic N) is 1. The number of nitrogens with one attached hydrogen (secondary N) is 2. The first-order valence-electron chi connectivity index (χ1n) is 8.89. The summed E-state index contributed by atoms with van der Waals surface area (Å²) in [6.45, 7) is 7.87. The predicted molar refractivity (Wildman–Crippen MR) is 98.7 cm³/mol. The van der Waals surface area contributed by atoms with Crippen LogP contribution >= 0.6 is 0 Å². The van der Waals surface area contributed by atoms with Crippen molar-refractivity contribution in [2.24, 2.45) is 10.9 Å². The highest BCUT2D eigenvalue weighted by Gasteiger charge is 2.28. The van der Waals surface area contributed by atoms with Crippen LogP contribution in [-0.2, 0) is 9.84 Å². The van der Waals surface area contributed by atoms with Crippen LogP contribution in [0.2, 0.25) is 0 Å². The van der Waals surface area contributed by atoms with Gasteiger partial charge in [0.25, 0.3) is 0 Å². The van der Waals surface area contributed by atoms with Gasteiger partial charge < -0.3 is 10.6 Å². The molecule has 0 bridgehead atoms. The van der Waals surface area contributed by atoms with Crippen LogP contribution in [0.15, 0.2) is 4.99 Å². The van der Waals surface area contributed by atoms with Gasteiger partial charge >= 0.3 is 0 Å². The largest absolute Gasteiger partial charge is 0.355 e. The molecule has 0 atom stereocenters. The normalized spacial score (nSPS) is 23.6. The number of hydrogen-bond acceptors (Lipinski definition) is 3. The molecule has 1 aliphatic rings. The van der Waals surface area contributed by atoms with Crippen molar-refractivity contribution in [3.8, 4) is 0 Å². The first kappa shape index (κ1) is 20.3. The van der Waals surface area contributed by atoms with Gasteiger partial charge in [-0.3, -0.25) is 4.99 Å². The van der Waals surface area contributed by atoms with Crippen molar-refractivity contribution < 1.29 is 8.42 Å². The lowest BCUT2D eigenvalue weighted by molar-refractivity contribution is 0.295. The van der Waals surface area contributed by atoms with Crippen molar-refractivity contribution in [3.63, 3.8) is 0 Å². The quantitative estimate of drug-likeness (QED) is 0.573. The fourth-order valence-corrected chi connectivity index (χ4v) is 3.98. The minimum absolute atomic E-state index is 0.125. The maximum atomic E-state index is 12.1. The van der Waals surface area contributed by atoms with E-state index in [0.717, 1.165) is 5.92 Å². The standard InChI is InChI=1S/C17H35N3O2S/c1-6-7-14-8-10-15(11-9-14)20-16(18-5)19-12-13-23(21,22)17(2,3)4/h14-15H,6-13H2,1-5H3,(H2,18,19,20). The highest BCUT2D eigenvalue weighted by molar-refractivity contribution is 7.92. The Morgan fingerprint density at radius 2 is 1.78 bits per heavy atom. The maximum absolute atomic E-state index is 12.1. The average molecular weight is 346 g/mol. The molecule has 0 spiro atoms. The lowest BCUT2D eigenvalue weighted by atomic mass is 9.83. The van der Waals surface area contributed by atoms with Crippen molar-refractivity contribution in [1.29, 1.82) is 0 Å². The molecule has 1 fully saturated rings. The van der Waals surface area contributed by atoms with Crippen molar-refractivity contribution in [1.82, 2.24) is 10.6 Å². The minimum Gasteiger partial charge on any atom is -0.355 e. The van der Waals surface area contributed by atoms with E-state index in [9.17, 15) is 8.42 Å². The third kappa shape index (κ3) is 6.69. The van der Waals surface area contributed by atoms with Crippen LogP contribution in [0.3, 0.4) is 0 Å². The lowest BCUT2D eigenvalue weighted by Crippen LogP contribution is -2.46. The monoisotopic (exact) mass is 345 g/mol. The summed E-state index contributed by atoms with van der Waals surface area (Å²) in [5, 5.41) is 6.58. The predicted octanol–water partition coefficient (Wildman–Crippen LogP) is 2.72. The smallest absolute Gasteiger partial charge is 0.191 e. The zero-order valence-corrected chi connectivity index (χ0v) is 16.3. The second-order valence-electron chi connectivity index (χ2n) is 7.58. The Morgan fingerprint density at radius 1 is 1.17 bits per heavy atom. The molecule has 0 unspecified atom stereocenters. The summed E-state index contributed by atoms with van der Waals surface area (Å²) in [4.78, 5) is 4.22. The molecule has 6 heteroatoms. The van der Waals surface area contributed by atoms with Gasteiger partial charge in [0.05, 0.1) is 10.5 Å². The van der Waals surface area contributed by atoms with Crippen molar-refractivity contribution in [2.45, 2.75) is 77.0 Å². The second kappa shape index (κ2) is 8.90. The first-order valence-corrected chi connectivity index (χ1v) is 10.5. The van der Waals surface area contributed by atoms with Gasteiger partial charge in [0.1, 0.15) is 0 Å². The van der Waals surface area contributed by atoms with Crippen LogP contribution in [0.1, 0.15) is 66.2 Å². The van der Waals surface area contributed by atoms with E-state index in [2.05, 4.69) is 22.5 Å². The average Bonchev–Trinajstić information content (AvgIpc) is 2.47. The molecule has 0 amide bonds. The molecular weight excluding hydrogens is 310 g/mol. The first-order chi connectivity index (χ1) is 10.7. The van der Waals surface area contributed by atoms with E-state index in [1.165, 1.54) is 38.5 Å². The fraction of sp³-hybridized carbons (Fsp3) is 0.941. The molecular formula is C17H35N3O2S. The van der Waals surface area contributed by atoms with Gasteiger partial charge in [-0.2, -0.15) is 0 Å². The number of guanidine groups is 1. The molecule has 0 saturated heterocycles. The highest BCUT2D eigenvalue weighted by Crippen LogP contribution is 2.27. The lowest BCUT2D eigenvalue weighted by Gasteiger charge is -2.30. The molecule has 1 aliphatic carbocycles. The summed E-state index contributed by atoms with van der Waals surface area (Å²) in [6.07, 6.45) is 7.51. The summed E-state index contributed by atoms with van der Waals surface area (Å²) in [6, 6.07) is 0.452. The van der Waals surface area contributed by atoms with Crippen LogP contribution < -0.4 is 10.6 Å². The third-order valence-corrected chi connectivity index (χ3v) is 7.31. The number of aliphatic imine (C=N–C) groups is 1. The van der Waals surface area contributed by atoms with Crippen molar-refractivity contribution in [2.75, 3.05) is 19.3 Å². The Morgan fingerprint density at radius 3 is 2.26 bits per heavy atom. The SMILES string of the molecule is CCCC1CCC(NC(=NC)NCCS(=O)(=O)C(C)(C)C)CC1. The Labute approximate surface area is 142 Å². The molecule has 0 aromatic heterocycles. The molecule has 5 nitrogen and oxygen atoms in total. The molecule has 1 saturated carbocycles. The third-order valence-electron chi connectivity index (χ3n) is 4.70. The highest BCUT2D eigenvalue weighted by atomic mass is 32.2. The fourth-order valence-electron chi connectivity index (χ4n) is 3.00. The zero-order valence-electron chi connectivity index (χ0n) is 15.5. The van der Waals surface area contributed by atoms with E-state index in [0.29, 0.717) is 18.5 Å². The number of sulfone groups is 1. The summed E-state index contributed by atoms with van der Waals surface area (Å²) in [5.74, 6) is 1.72. The van der Waals surface area contributed by atoms with E-state index in [1.807, 2.05) is 0 Å². The van der Waals surface area contributed by atoms with E-state index in [1.54, 1.807) is 27.8 Å². The molecule has 0 aromatic rings. The summed E-state index contributed by atoms with van der Waals surface area (Å²) < 4.78 is 23.5. The minimum atomic E-state index is -3.09. The van der Waals surface area contributed by atoms with Crippen LogP contribution in [0, 0.1) is 5.92 Å². The Balaban J connectivity index is 2.36. The summed E-state index contributed by atoms with van der Waals surface area (Å²) in [5.41, 5.74) is 0. The van der Waals surface area contributed by atoms with Gasteiger partial charge in [-0.1, -0.05) is 19.8 Å². The van der Waals surface area contributed by atoms with Gasteiger partial charge in [-0.25, -0.2) is 8.42 Å². The van der Waals surface area contributed by atoms with E-state index in [4.69, 9.17) is 0 Å². The Bertz CT molecular complexity index is 473. The zero-order chi connectivity index (χ0) is 17.5. The van der Waals surface area contributed by atoms with Gasteiger partial charge in [0.2, 0.25) is 0 Å². The molecule has 23 heavy (non-hydrogen) atoms. The van der Waals surface area contributed by atoms with E-state index < -0.39 is 14.6 Å². The number of rotatable bonds is 6. The van der Waals surface area contributed by atoms with Gasteiger partial charge in [-0.05, 0) is 52.4 Å². The molecule has 1 rings (SSSR count). The second-order valence-corrected chi connectivity index (χ2v) is 10.4. The molecule has 0 aromatic carbocycles. The summed E-state index contributed by atoms with van der Waals surface area (Å²) >= 11 is 0. The van der Waals surface area contributed by atoms with Crippen LogP contribution in [0.4, 0.5) is 0 Å². The van der Waals surface area contributed by atoms with Gasteiger partial charge in [0.15, 0.2) is 15.8 Å². The van der Waals surface area contributed by atoms with Crippen molar-refractivity contribution >= 4 is 15.8 Å². The van der Waals surface area contributed by atoms with Crippen LogP contribution in [0.25, 0.3) is 0 Å². The van der Waals surface area contributed by atoms with E-state index in [-0.39, 0.29) is 5.75 Å². The molecule has 0 radical (unpaired) electrons. The van der Waals surface area contributed by atoms with Gasteiger partial charge in [-0.15, -0.1) is 0 Å². The van der Waals surface area contributed by atoms with Crippen LogP contribution in [0.5, 0.6) is 0 Å². The van der Waals surface area contributed by atoms with Crippen LogP contribution in [-0.4, -0.2) is 44.5 Å². The summed E-state index contributed by atoms with van der Waals surface area (Å²) in [7, 11) is -1.36.